The lowest BCUT2D eigenvalue weighted by Gasteiger charge is -2.37. The van der Waals surface area contributed by atoms with Crippen LogP contribution in [0.2, 0.25) is 0 Å². The molecule has 3 aromatic rings. The number of alkyl halides is 3. The van der Waals surface area contributed by atoms with Crippen molar-refractivity contribution in [1.82, 2.24) is 25.0 Å². The van der Waals surface area contributed by atoms with Crippen molar-refractivity contribution in [2.75, 3.05) is 6.61 Å². The number of nitrogens with zero attached hydrogens (tertiary/aromatic N) is 4. The number of hydrogen-bond acceptors (Lipinski definition) is 5. The summed E-state index contributed by atoms with van der Waals surface area (Å²) in [5, 5.41) is 8.49. The van der Waals surface area contributed by atoms with Crippen LogP contribution in [0.15, 0.2) is 35.1 Å². The van der Waals surface area contributed by atoms with Gasteiger partial charge in [0.2, 0.25) is 0 Å². The first-order valence-electron chi connectivity index (χ1n) is 9.03. The minimum absolute atomic E-state index is 0.207. The van der Waals surface area contributed by atoms with Crippen molar-refractivity contribution in [2.24, 2.45) is 0 Å². The van der Waals surface area contributed by atoms with Crippen molar-refractivity contribution in [3.63, 3.8) is 0 Å². The van der Waals surface area contributed by atoms with E-state index in [0.717, 1.165) is 12.1 Å². The van der Waals surface area contributed by atoms with Crippen LogP contribution in [0, 0.1) is 6.92 Å². The van der Waals surface area contributed by atoms with Crippen LogP contribution >= 0.6 is 0 Å². The van der Waals surface area contributed by atoms with E-state index in [-0.39, 0.29) is 18.8 Å². The molecule has 1 atom stereocenters. The van der Waals surface area contributed by atoms with Gasteiger partial charge in [-0.05, 0) is 31.0 Å². The van der Waals surface area contributed by atoms with E-state index in [4.69, 9.17) is 4.74 Å². The summed E-state index contributed by atoms with van der Waals surface area (Å²) < 4.78 is 46.3. The molecule has 1 unspecified atom stereocenters. The number of halogens is 3. The van der Waals surface area contributed by atoms with Gasteiger partial charge in [-0.2, -0.15) is 13.2 Å². The van der Waals surface area contributed by atoms with Gasteiger partial charge in [-0.3, -0.25) is 4.79 Å². The molecule has 4 rings (SSSR count). The van der Waals surface area contributed by atoms with Gasteiger partial charge in [-0.1, -0.05) is 24.3 Å². The van der Waals surface area contributed by atoms with E-state index in [1.165, 1.54) is 18.2 Å². The summed E-state index contributed by atoms with van der Waals surface area (Å²) in [5.74, 6) is 0.440. The first-order chi connectivity index (χ1) is 13.7. The molecule has 0 amide bonds. The van der Waals surface area contributed by atoms with Gasteiger partial charge >= 0.3 is 6.18 Å². The SMILES string of the molecule is CCC1(c2ccc(C(F)(F)F)cc2)COCc2c(-c3cc(=O)[nH]c(C)n3)nnn21. The molecule has 152 valence electrons. The largest absolute Gasteiger partial charge is 0.416 e. The zero-order valence-electron chi connectivity index (χ0n) is 15.7. The average Bonchev–Trinajstić information content (AvgIpc) is 3.11. The molecule has 10 heteroatoms. The van der Waals surface area contributed by atoms with E-state index in [9.17, 15) is 18.0 Å². The third-order valence-corrected chi connectivity index (χ3v) is 5.19. The van der Waals surface area contributed by atoms with Crippen LogP contribution in [-0.4, -0.2) is 31.6 Å². The topological polar surface area (TPSA) is 85.7 Å². The summed E-state index contributed by atoms with van der Waals surface area (Å²) in [5.41, 5.74) is 0.219. The fourth-order valence-electron chi connectivity index (χ4n) is 3.68. The van der Waals surface area contributed by atoms with Gasteiger partial charge in [0.25, 0.3) is 5.56 Å². The molecule has 1 aliphatic rings. The van der Waals surface area contributed by atoms with Crippen LogP contribution in [0.3, 0.4) is 0 Å². The Hall–Kier alpha value is -3.01. The number of aromatic nitrogens is 5. The van der Waals surface area contributed by atoms with Crippen molar-refractivity contribution < 1.29 is 17.9 Å². The Balaban J connectivity index is 1.83. The number of ether oxygens (including phenoxy) is 1. The van der Waals surface area contributed by atoms with Crippen molar-refractivity contribution in [1.29, 1.82) is 0 Å². The van der Waals surface area contributed by atoms with E-state index in [1.807, 2.05) is 6.92 Å². The zero-order valence-corrected chi connectivity index (χ0v) is 15.7. The van der Waals surface area contributed by atoms with Crippen molar-refractivity contribution >= 4 is 0 Å². The van der Waals surface area contributed by atoms with E-state index in [2.05, 4.69) is 20.3 Å². The lowest BCUT2D eigenvalue weighted by Crippen LogP contribution is -2.44. The molecule has 1 aromatic carbocycles. The summed E-state index contributed by atoms with van der Waals surface area (Å²) in [6, 6.07) is 6.34. The first-order valence-corrected chi connectivity index (χ1v) is 9.03. The summed E-state index contributed by atoms with van der Waals surface area (Å²) in [7, 11) is 0. The second kappa shape index (κ2) is 6.80. The Morgan fingerprint density at radius 2 is 2.00 bits per heavy atom. The van der Waals surface area contributed by atoms with E-state index >= 15 is 0 Å². The summed E-state index contributed by atoms with van der Waals surface area (Å²) in [6.07, 6.45) is -3.88. The monoisotopic (exact) mass is 405 g/mol. The molecule has 1 aliphatic heterocycles. The Kier molecular flexibility index (Phi) is 4.53. The standard InChI is InChI=1S/C19H18F3N5O2/c1-3-18(12-4-6-13(7-5-12)19(20,21)22)10-29-9-15-17(25-26-27(15)18)14-8-16(28)24-11(2)23-14/h4-8H,3,9-10H2,1-2H3,(H,23,24,28). The number of benzene rings is 1. The number of rotatable bonds is 3. The van der Waals surface area contributed by atoms with Crippen LogP contribution in [0.1, 0.15) is 36.0 Å². The predicted molar refractivity (Wildman–Crippen MR) is 97.1 cm³/mol. The minimum Gasteiger partial charge on any atom is -0.372 e. The highest BCUT2D eigenvalue weighted by Gasteiger charge is 2.41. The molecule has 0 saturated carbocycles. The number of fused-ring (bicyclic) bond motifs is 1. The van der Waals surface area contributed by atoms with E-state index in [1.54, 1.807) is 11.6 Å². The van der Waals surface area contributed by atoms with E-state index < -0.39 is 17.3 Å². The number of nitrogens with one attached hydrogen (secondary N) is 1. The molecular weight excluding hydrogens is 387 g/mol. The van der Waals surface area contributed by atoms with Gasteiger partial charge in [0.1, 0.15) is 22.8 Å². The number of H-pyrrole nitrogens is 1. The van der Waals surface area contributed by atoms with Crippen molar-refractivity contribution in [3.05, 3.63) is 63.3 Å². The molecule has 0 aliphatic carbocycles. The van der Waals surface area contributed by atoms with Crippen molar-refractivity contribution in [3.8, 4) is 11.4 Å². The summed E-state index contributed by atoms with van der Waals surface area (Å²) >= 11 is 0. The van der Waals surface area contributed by atoms with Crippen molar-refractivity contribution in [2.45, 2.75) is 38.6 Å². The smallest absolute Gasteiger partial charge is 0.372 e. The molecule has 0 spiro atoms. The van der Waals surface area contributed by atoms with Gasteiger partial charge in [0, 0.05) is 6.07 Å². The highest BCUT2D eigenvalue weighted by atomic mass is 19.4. The zero-order chi connectivity index (χ0) is 20.8. The maximum absolute atomic E-state index is 12.9. The summed E-state index contributed by atoms with van der Waals surface area (Å²) in [6.45, 7) is 4.02. The molecular formula is C19H18F3N5O2. The van der Waals surface area contributed by atoms with E-state index in [0.29, 0.717) is 34.9 Å². The third kappa shape index (κ3) is 3.23. The second-order valence-electron chi connectivity index (χ2n) is 6.97. The minimum atomic E-state index is -4.41. The number of hydrogen-bond donors (Lipinski definition) is 1. The number of aryl methyl sites for hydroxylation is 1. The Labute approximate surface area is 163 Å². The molecule has 7 nitrogen and oxygen atoms in total. The highest BCUT2D eigenvalue weighted by molar-refractivity contribution is 5.56. The first kappa shape index (κ1) is 19.3. The average molecular weight is 405 g/mol. The fourth-order valence-corrected chi connectivity index (χ4v) is 3.68. The Bertz CT molecular complexity index is 1100. The maximum atomic E-state index is 12.9. The fraction of sp³-hybridized carbons (Fsp3) is 0.368. The quantitative estimate of drug-likeness (QED) is 0.724. The highest BCUT2D eigenvalue weighted by Crippen LogP contribution is 2.38. The normalized spacial score (nSPS) is 19.2. The van der Waals surface area contributed by atoms with Gasteiger partial charge in [-0.25, -0.2) is 9.67 Å². The van der Waals surface area contributed by atoms with Gasteiger partial charge in [-0.15, -0.1) is 5.10 Å². The Morgan fingerprint density at radius 3 is 2.62 bits per heavy atom. The molecule has 0 saturated heterocycles. The van der Waals surface area contributed by atoms with Crippen LogP contribution < -0.4 is 5.56 Å². The second-order valence-corrected chi connectivity index (χ2v) is 6.97. The molecule has 3 heterocycles. The summed E-state index contributed by atoms with van der Waals surface area (Å²) in [4.78, 5) is 18.7. The maximum Gasteiger partial charge on any atom is 0.416 e. The molecule has 1 N–H and O–H groups in total. The number of aromatic amines is 1. The lowest BCUT2D eigenvalue weighted by molar-refractivity contribution is -0.137. The third-order valence-electron chi connectivity index (χ3n) is 5.19. The van der Waals surface area contributed by atoms with Crippen LogP contribution in [0.25, 0.3) is 11.4 Å². The van der Waals surface area contributed by atoms with Crippen LogP contribution in [-0.2, 0) is 23.1 Å². The van der Waals surface area contributed by atoms with Gasteiger partial charge in [0.05, 0.1) is 24.5 Å². The van der Waals surface area contributed by atoms with Crippen LogP contribution in [0.5, 0.6) is 0 Å². The molecule has 2 aromatic heterocycles. The van der Waals surface area contributed by atoms with Crippen LogP contribution in [0.4, 0.5) is 13.2 Å². The lowest BCUT2D eigenvalue weighted by atomic mass is 9.86. The predicted octanol–water partition coefficient (Wildman–Crippen LogP) is 3.04. The molecule has 0 radical (unpaired) electrons. The molecule has 29 heavy (non-hydrogen) atoms. The van der Waals surface area contributed by atoms with Gasteiger partial charge < -0.3 is 9.72 Å². The molecule has 0 fully saturated rings. The Morgan fingerprint density at radius 1 is 1.28 bits per heavy atom. The molecule has 0 bridgehead atoms. The van der Waals surface area contributed by atoms with Gasteiger partial charge in [0.15, 0.2) is 0 Å².